The Kier molecular flexibility index (Phi) is 8.07. The van der Waals surface area contributed by atoms with Crippen LogP contribution in [0.3, 0.4) is 0 Å². The van der Waals surface area contributed by atoms with E-state index in [1.54, 1.807) is 19.1 Å². The Morgan fingerprint density at radius 2 is 1.89 bits per heavy atom. The van der Waals surface area contributed by atoms with Crippen LogP contribution in [0.1, 0.15) is 25.8 Å². The summed E-state index contributed by atoms with van der Waals surface area (Å²) in [4.78, 5) is 14.8. The van der Waals surface area contributed by atoms with E-state index >= 15 is 0 Å². The average molecular weight is 398 g/mol. The zero-order valence-corrected chi connectivity index (χ0v) is 17.3. The second-order valence-electron chi connectivity index (χ2n) is 6.85. The molecule has 1 N–H and O–H groups in total. The van der Waals surface area contributed by atoms with Gasteiger partial charge in [0.2, 0.25) is 15.9 Å². The van der Waals surface area contributed by atoms with E-state index in [2.05, 4.69) is 10.2 Å². The molecule has 1 atom stereocenters. The highest BCUT2D eigenvalue weighted by Crippen LogP contribution is 2.21. The van der Waals surface area contributed by atoms with Gasteiger partial charge in [-0.25, -0.2) is 8.42 Å². The van der Waals surface area contributed by atoms with Crippen LogP contribution in [0.25, 0.3) is 0 Å². The van der Waals surface area contributed by atoms with Crippen LogP contribution in [-0.2, 0) is 26.0 Å². The van der Waals surface area contributed by atoms with Gasteiger partial charge >= 0.3 is 0 Å². The number of hydrogen-bond acceptors (Lipinski definition) is 5. The van der Waals surface area contributed by atoms with E-state index in [0.717, 1.165) is 57.5 Å². The minimum atomic E-state index is -3.58. The van der Waals surface area contributed by atoms with Gasteiger partial charge in [0.25, 0.3) is 0 Å². The molecule has 1 aromatic rings. The first-order valence-corrected chi connectivity index (χ1v) is 11.3. The molecule has 1 amide bonds. The summed E-state index contributed by atoms with van der Waals surface area (Å²) in [5.41, 5.74) is 1.62. The molecule has 0 unspecified atom stereocenters. The average Bonchev–Trinajstić information content (AvgIpc) is 2.65. The van der Waals surface area contributed by atoms with Crippen molar-refractivity contribution < 1.29 is 17.9 Å². The maximum atomic E-state index is 12.5. The molecule has 2 rings (SSSR count). The first-order chi connectivity index (χ1) is 12.8. The molecule has 0 aromatic heterocycles. The number of ether oxygens (including phenoxy) is 1. The molecule has 0 saturated carbocycles. The van der Waals surface area contributed by atoms with Crippen molar-refractivity contribution in [1.82, 2.24) is 10.2 Å². The van der Waals surface area contributed by atoms with Crippen molar-refractivity contribution in [1.29, 1.82) is 0 Å². The first kappa shape index (κ1) is 21.7. The van der Waals surface area contributed by atoms with Crippen molar-refractivity contribution in [3.8, 4) is 0 Å². The van der Waals surface area contributed by atoms with Crippen LogP contribution >= 0.6 is 0 Å². The third kappa shape index (κ3) is 6.48. The van der Waals surface area contributed by atoms with Crippen molar-refractivity contribution >= 4 is 21.6 Å². The summed E-state index contributed by atoms with van der Waals surface area (Å²) in [6.07, 6.45) is 2.82. The number of carbonyl (C=O) groups excluding carboxylic acids is 1. The Bertz CT molecular complexity index is 700. The maximum absolute atomic E-state index is 12.5. The fourth-order valence-corrected chi connectivity index (χ4v) is 4.35. The molecule has 1 fully saturated rings. The molecular weight excluding hydrogens is 366 g/mol. The van der Waals surface area contributed by atoms with Crippen LogP contribution in [-0.4, -0.2) is 70.9 Å². The number of amides is 1. The fraction of sp³-hybridized carbons (Fsp3) is 0.632. The van der Waals surface area contributed by atoms with Crippen molar-refractivity contribution in [2.24, 2.45) is 0 Å². The van der Waals surface area contributed by atoms with E-state index in [0.29, 0.717) is 12.2 Å². The summed E-state index contributed by atoms with van der Waals surface area (Å²) < 4.78 is 31.1. The zero-order valence-electron chi connectivity index (χ0n) is 16.5. The predicted molar refractivity (Wildman–Crippen MR) is 107 cm³/mol. The van der Waals surface area contributed by atoms with Gasteiger partial charge < -0.3 is 10.1 Å². The highest BCUT2D eigenvalue weighted by molar-refractivity contribution is 7.92. The summed E-state index contributed by atoms with van der Waals surface area (Å²) in [5.74, 6) is -0.290. The number of carbonyl (C=O) groups is 1. The topological polar surface area (TPSA) is 79.0 Å². The van der Waals surface area contributed by atoms with Crippen molar-refractivity contribution in [3.63, 3.8) is 0 Å². The number of benzene rings is 1. The lowest BCUT2D eigenvalue weighted by molar-refractivity contribution is -0.121. The molecule has 0 spiro atoms. The van der Waals surface area contributed by atoms with Crippen molar-refractivity contribution in [2.75, 3.05) is 50.0 Å². The van der Waals surface area contributed by atoms with Crippen molar-refractivity contribution in [3.05, 3.63) is 29.8 Å². The fourth-order valence-electron chi connectivity index (χ4n) is 3.17. The molecular formula is C19H31N3O4S. The molecule has 0 bridgehead atoms. The molecule has 0 radical (unpaired) electrons. The van der Waals surface area contributed by atoms with Gasteiger partial charge in [0, 0.05) is 19.6 Å². The maximum Gasteiger partial charge on any atom is 0.243 e. The standard InChI is InChI=1S/C19H31N3O4S/c1-4-17-6-8-18(9-7-17)22(27(3,24)25)16(2)19(23)20-10-5-11-21-12-14-26-15-13-21/h6-9,16H,4-5,10-15H2,1-3H3,(H,20,23)/t16-/m1/s1. The van der Waals surface area contributed by atoms with Crippen LogP contribution in [0.5, 0.6) is 0 Å². The number of nitrogens with zero attached hydrogens (tertiary/aromatic N) is 2. The summed E-state index contributed by atoms with van der Waals surface area (Å²) >= 11 is 0. The molecule has 1 aliphatic heterocycles. The summed E-state index contributed by atoms with van der Waals surface area (Å²) in [5, 5.41) is 2.86. The molecule has 152 valence electrons. The molecule has 1 aliphatic rings. The number of aryl methyl sites for hydroxylation is 1. The predicted octanol–water partition coefficient (Wildman–Crippen LogP) is 1.24. The van der Waals surface area contributed by atoms with Crippen LogP contribution in [0.2, 0.25) is 0 Å². The van der Waals surface area contributed by atoms with Crippen LogP contribution in [0, 0.1) is 0 Å². The van der Waals surface area contributed by atoms with Crippen LogP contribution < -0.4 is 9.62 Å². The number of morpholine rings is 1. The lowest BCUT2D eigenvalue weighted by Crippen LogP contribution is -2.48. The van der Waals surface area contributed by atoms with E-state index in [-0.39, 0.29) is 5.91 Å². The Labute approximate surface area is 162 Å². The van der Waals surface area contributed by atoms with Crippen LogP contribution in [0.15, 0.2) is 24.3 Å². The van der Waals surface area contributed by atoms with Gasteiger partial charge in [0.1, 0.15) is 6.04 Å². The minimum Gasteiger partial charge on any atom is -0.379 e. The minimum absolute atomic E-state index is 0.290. The first-order valence-electron chi connectivity index (χ1n) is 9.49. The zero-order chi connectivity index (χ0) is 19.9. The summed E-state index contributed by atoms with van der Waals surface area (Å²) in [7, 11) is -3.58. The van der Waals surface area contributed by atoms with E-state index in [9.17, 15) is 13.2 Å². The molecule has 1 saturated heterocycles. The molecule has 1 aromatic carbocycles. The van der Waals surface area contributed by atoms with Gasteiger partial charge in [-0.2, -0.15) is 0 Å². The van der Waals surface area contributed by atoms with E-state index < -0.39 is 16.1 Å². The van der Waals surface area contributed by atoms with E-state index in [1.807, 2.05) is 19.1 Å². The Morgan fingerprint density at radius 3 is 2.44 bits per heavy atom. The van der Waals surface area contributed by atoms with Gasteiger partial charge in [0.15, 0.2) is 0 Å². The number of nitrogens with one attached hydrogen (secondary N) is 1. The number of sulfonamides is 1. The molecule has 8 heteroatoms. The largest absolute Gasteiger partial charge is 0.379 e. The summed E-state index contributed by atoms with van der Waals surface area (Å²) in [6.45, 7) is 8.41. The van der Waals surface area contributed by atoms with E-state index in [1.165, 1.54) is 4.31 Å². The van der Waals surface area contributed by atoms with Gasteiger partial charge in [-0.1, -0.05) is 19.1 Å². The normalized spacial score (nSPS) is 16.7. The van der Waals surface area contributed by atoms with Gasteiger partial charge in [-0.05, 0) is 44.0 Å². The Morgan fingerprint density at radius 1 is 1.26 bits per heavy atom. The lowest BCUT2D eigenvalue weighted by atomic mass is 10.1. The molecule has 1 heterocycles. The SMILES string of the molecule is CCc1ccc(N([C@H](C)C(=O)NCCCN2CCOCC2)S(C)(=O)=O)cc1. The monoisotopic (exact) mass is 397 g/mol. The number of rotatable bonds is 9. The lowest BCUT2D eigenvalue weighted by Gasteiger charge is -2.29. The highest BCUT2D eigenvalue weighted by Gasteiger charge is 2.28. The highest BCUT2D eigenvalue weighted by atomic mass is 32.2. The molecule has 27 heavy (non-hydrogen) atoms. The van der Waals surface area contributed by atoms with Gasteiger partial charge in [-0.15, -0.1) is 0 Å². The molecule has 0 aliphatic carbocycles. The second-order valence-corrected chi connectivity index (χ2v) is 8.71. The number of anilines is 1. The van der Waals surface area contributed by atoms with E-state index in [4.69, 9.17) is 4.74 Å². The molecule has 7 nitrogen and oxygen atoms in total. The van der Waals surface area contributed by atoms with Gasteiger partial charge in [-0.3, -0.25) is 14.0 Å². The third-order valence-corrected chi connectivity index (χ3v) is 5.98. The van der Waals surface area contributed by atoms with Crippen molar-refractivity contribution in [2.45, 2.75) is 32.7 Å². The second kappa shape index (κ2) is 10.1. The Balaban J connectivity index is 1.93. The van der Waals surface area contributed by atoms with Gasteiger partial charge in [0.05, 0.1) is 25.2 Å². The summed E-state index contributed by atoms with van der Waals surface area (Å²) in [6, 6.07) is 6.47. The third-order valence-electron chi connectivity index (χ3n) is 4.74. The smallest absolute Gasteiger partial charge is 0.243 e. The Hall–Kier alpha value is -1.64. The van der Waals surface area contributed by atoms with Crippen LogP contribution in [0.4, 0.5) is 5.69 Å². The quantitative estimate of drug-likeness (QED) is 0.635. The number of hydrogen-bond donors (Lipinski definition) is 1.